The Morgan fingerprint density at radius 3 is 2.24 bits per heavy atom. The first-order valence-electron chi connectivity index (χ1n) is 11.0. The van der Waals surface area contributed by atoms with Gasteiger partial charge in [0.1, 0.15) is 11.5 Å². The molecule has 0 bridgehead atoms. The number of amides is 3. The molecule has 0 aromatic heterocycles. The molecule has 0 unspecified atom stereocenters. The van der Waals surface area contributed by atoms with Crippen LogP contribution < -0.4 is 10.2 Å². The Balaban J connectivity index is 1.56. The molecule has 0 radical (unpaired) electrons. The molecule has 2 heterocycles. The number of carbonyl (C=O) groups excluding carboxylic acids is 3. The fraction of sp³-hybridized carbons (Fsp3) is 0.148. The minimum Gasteiger partial charge on any atom is -0.362 e. The van der Waals surface area contributed by atoms with Crippen LogP contribution in [0.4, 0.5) is 15.8 Å². The third-order valence-electron chi connectivity index (χ3n) is 6.09. The number of benzene rings is 3. The van der Waals surface area contributed by atoms with Crippen molar-refractivity contribution in [1.82, 2.24) is 4.90 Å². The fourth-order valence-electron chi connectivity index (χ4n) is 4.51. The van der Waals surface area contributed by atoms with Crippen LogP contribution in [-0.2, 0) is 27.3 Å². The zero-order valence-corrected chi connectivity index (χ0v) is 18.5. The van der Waals surface area contributed by atoms with E-state index >= 15 is 0 Å². The Bertz CT molecular complexity index is 1330. The van der Waals surface area contributed by atoms with Gasteiger partial charge in [-0.15, -0.1) is 0 Å². The molecular formula is C27H22FN3O3. The summed E-state index contributed by atoms with van der Waals surface area (Å²) in [5.41, 5.74) is 4.37. The molecule has 6 nitrogen and oxygen atoms in total. The monoisotopic (exact) mass is 455 g/mol. The van der Waals surface area contributed by atoms with Crippen molar-refractivity contribution in [3.8, 4) is 0 Å². The van der Waals surface area contributed by atoms with Crippen LogP contribution in [0.3, 0.4) is 0 Å². The molecule has 0 saturated heterocycles. The zero-order valence-electron chi connectivity index (χ0n) is 18.5. The van der Waals surface area contributed by atoms with Gasteiger partial charge in [0.15, 0.2) is 0 Å². The number of halogens is 1. The van der Waals surface area contributed by atoms with Gasteiger partial charge in [-0.3, -0.25) is 14.4 Å². The van der Waals surface area contributed by atoms with Crippen LogP contribution in [0.15, 0.2) is 78.5 Å². The van der Waals surface area contributed by atoms with Crippen molar-refractivity contribution in [1.29, 1.82) is 0 Å². The number of hydrogen-bond donors (Lipinski definition) is 1. The van der Waals surface area contributed by atoms with Crippen LogP contribution >= 0.6 is 0 Å². The van der Waals surface area contributed by atoms with Crippen molar-refractivity contribution in [2.45, 2.75) is 19.9 Å². The molecule has 7 heteroatoms. The van der Waals surface area contributed by atoms with E-state index in [0.717, 1.165) is 16.9 Å². The van der Waals surface area contributed by atoms with E-state index in [4.69, 9.17) is 0 Å². The summed E-state index contributed by atoms with van der Waals surface area (Å²) in [6.45, 7) is 2.50. The van der Waals surface area contributed by atoms with Crippen LogP contribution in [0.2, 0.25) is 0 Å². The summed E-state index contributed by atoms with van der Waals surface area (Å²) in [7, 11) is 0. The van der Waals surface area contributed by atoms with Gasteiger partial charge in [-0.25, -0.2) is 9.29 Å². The Kier molecular flexibility index (Phi) is 5.45. The normalized spacial score (nSPS) is 15.6. The van der Waals surface area contributed by atoms with Gasteiger partial charge >= 0.3 is 0 Å². The Morgan fingerprint density at radius 1 is 0.882 bits per heavy atom. The smallest absolute Gasteiger partial charge is 0.282 e. The maximum atomic E-state index is 13.7. The van der Waals surface area contributed by atoms with E-state index in [1.165, 1.54) is 36.8 Å². The van der Waals surface area contributed by atoms with E-state index in [0.29, 0.717) is 35.7 Å². The summed E-state index contributed by atoms with van der Waals surface area (Å²) >= 11 is 0. The Hall–Kier alpha value is -4.26. The second kappa shape index (κ2) is 8.59. The lowest BCUT2D eigenvalue weighted by Gasteiger charge is -2.31. The third-order valence-corrected chi connectivity index (χ3v) is 6.09. The minimum absolute atomic E-state index is 0.214. The number of nitrogens with zero attached hydrogens (tertiary/aromatic N) is 2. The van der Waals surface area contributed by atoms with E-state index in [2.05, 4.69) is 11.4 Å². The highest BCUT2D eigenvalue weighted by Gasteiger charge is 2.43. The van der Waals surface area contributed by atoms with Crippen LogP contribution in [0.5, 0.6) is 0 Å². The van der Waals surface area contributed by atoms with Gasteiger partial charge in [-0.2, -0.15) is 0 Å². The summed E-state index contributed by atoms with van der Waals surface area (Å²) in [5.74, 6) is -1.51. The molecule has 5 rings (SSSR count). The summed E-state index contributed by atoms with van der Waals surface area (Å²) in [6, 6.07) is 20.2. The van der Waals surface area contributed by atoms with E-state index in [1.54, 1.807) is 24.3 Å². The minimum atomic E-state index is -0.460. The first-order valence-corrected chi connectivity index (χ1v) is 11.0. The molecule has 2 aliphatic heterocycles. The van der Waals surface area contributed by atoms with Gasteiger partial charge in [-0.05, 0) is 59.5 Å². The molecule has 0 fully saturated rings. The van der Waals surface area contributed by atoms with Crippen molar-refractivity contribution in [2.24, 2.45) is 0 Å². The predicted molar refractivity (Wildman–Crippen MR) is 127 cm³/mol. The summed E-state index contributed by atoms with van der Waals surface area (Å²) in [5, 5.41) is 2.67. The third kappa shape index (κ3) is 3.85. The van der Waals surface area contributed by atoms with E-state index in [-0.39, 0.29) is 11.5 Å². The van der Waals surface area contributed by atoms with Gasteiger partial charge in [0.05, 0.1) is 11.3 Å². The first kappa shape index (κ1) is 21.6. The second-order valence-corrected chi connectivity index (χ2v) is 8.34. The SMILES string of the molecule is CC(=O)Nc1ccc(N2C(=O)C(c3ccc(F)cc3)=C(N3CCc4ccccc4C3)C2=O)cc1. The molecular weight excluding hydrogens is 433 g/mol. The Labute approximate surface area is 196 Å². The lowest BCUT2D eigenvalue weighted by atomic mass is 9.98. The van der Waals surface area contributed by atoms with Crippen LogP contribution in [0.1, 0.15) is 23.6 Å². The Morgan fingerprint density at radius 2 is 1.56 bits per heavy atom. The lowest BCUT2D eigenvalue weighted by Crippen LogP contribution is -2.37. The molecule has 0 atom stereocenters. The standard InChI is InChI=1S/C27H22FN3O3/c1-17(32)29-22-10-12-23(13-11-22)31-26(33)24(19-6-8-21(28)9-7-19)25(27(31)34)30-15-14-18-4-2-3-5-20(18)16-30/h2-13H,14-16H2,1H3,(H,29,32). The van der Waals surface area contributed by atoms with Gasteiger partial charge in [-0.1, -0.05) is 36.4 Å². The highest BCUT2D eigenvalue weighted by atomic mass is 19.1. The van der Waals surface area contributed by atoms with Crippen LogP contribution in [-0.4, -0.2) is 29.2 Å². The van der Waals surface area contributed by atoms with Crippen LogP contribution in [0.25, 0.3) is 5.57 Å². The van der Waals surface area contributed by atoms with Gasteiger partial charge in [0.2, 0.25) is 5.91 Å². The second-order valence-electron chi connectivity index (χ2n) is 8.34. The highest BCUT2D eigenvalue weighted by molar-refractivity contribution is 6.45. The number of rotatable bonds is 4. The predicted octanol–water partition coefficient (Wildman–Crippen LogP) is 4.13. The first-order chi connectivity index (χ1) is 16.4. The number of anilines is 2. The summed E-state index contributed by atoms with van der Waals surface area (Å²) < 4.78 is 13.6. The average Bonchev–Trinajstić information content (AvgIpc) is 3.09. The quantitative estimate of drug-likeness (QED) is 0.601. The van der Waals surface area contributed by atoms with Crippen molar-refractivity contribution in [2.75, 3.05) is 16.8 Å². The van der Waals surface area contributed by atoms with E-state index < -0.39 is 17.6 Å². The fourth-order valence-corrected chi connectivity index (χ4v) is 4.51. The van der Waals surface area contributed by atoms with E-state index in [9.17, 15) is 18.8 Å². The number of fused-ring (bicyclic) bond motifs is 1. The van der Waals surface area contributed by atoms with Crippen molar-refractivity contribution < 1.29 is 18.8 Å². The number of carbonyl (C=O) groups is 3. The van der Waals surface area contributed by atoms with Crippen molar-refractivity contribution in [3.63, 3.8) is 0 Å². The van der Waals surface area contributed by atoms with Gasteiger partial charge in [0.25, 0.3) is 11.8 Å². The average molecular weight is 455 g/mol. The topological polar surface area (TPSA) is 69.7 Å². The molecule has 3 aromatic carbocycles. The molecule has 2 aliphatic rings. The number of imide groups is 1. The molecule has 0 aliphatic carbocycles. The molecule has 1 N–H and O–H groups in total. The molecule has 0 saturated carbocycles. The largest absolute Gasteiger partial charge is 0.362 e. The van der Waals surface area contributed by atoms with Gasteiger partial charge < -0.3 is 10.2 Å². The van der Waals surface area contributed by atoms with Crippen molar-refractivity contribution >= 4 is 34.7 Å². The number of hydrogen-bond acceptors (Lipinski definition) is 4. The number of nitrogens with one attached hydrogen (secondary N) is 1. The lowest BCUT2D eigenvalue weighted by molar-refractivity contribution is -0.121. The molecule has 0 spiro atoms. The molecule has 3 aromatic rings. The molecule has 3 amide bonds. The van der Waals surface area contributed by atoms with Crippen molar-refractivity contribution in [3.05, 3.63) is 101 Å². The van der Waals surface area contributed by atoms with Crippen LogP contribution in [0, 0.1) is 5.82 Å². The van der Waals surface area contributed by atoms with E-state index in [1.807, 2.05) is 23.1 Å². The summed E-state index contributed by atoms with van der Waals surface area (Å²) in [4.78, 5) is 41.7. The maximum Gasteiger partial charge on any atom is 0.282 e. The van der Waals surface area contributed by atoms with Gasteiger partial charge in [0, 0.05) is 25.7 Å². The summed E-state index contributed by atoms with van der Waals surface area (Å²) in [6.07, 6.45) is 0.753. The maximum absolute atomic E-state index is 13.7. The molecule has 170 valence electrons. The zero-order chi connectivity index (χ0) is 23.8. The molecule has 34 heavy (non-hydrogen) atoms. The highest BCUT2D eigenvalue weighted by Crippen LogP contribution is 2.37.